The Hall–Kier alpha value is -0.840. The lowest BCUT2D eigenvalue weighted by atomic mass is 10.0. The molecule has 0 aliphatic rings. The molecule has 0 saturated heterocycles. The second-order valence-electron chi connectivity index (χ2n) is 2.73. The summed E-state index contributed by atoms with van der Waals surface area (Å²) in [4.78, 5) is 21.6. The Balaban J connectivity index is 4.03. The van der Waals surface area contributed by atoms with Crippen LogP contribution in [0.3, 0.4) is 0 Å². The number of ketones is 2. The second-order valence-corrected chi connectivity index (χ2v) is 2.73. The summed E-state index contributed by atoms with van der Waals surface area (Å²) >= 11 is 0. The molecule has 0 amide bonds. The van der Waals surface area contributed by atoms with Crippen molar-refractivity contribution < 1.29 is 18.4 Å². The third-order valence-corrected chi connectivity index (χ3v) is 1.69. The molecule has 0 fully saturated rings. The lowest BCUT2D eigenvalue weighted by molar-refractivity contribution is -0.136. The van der Waals surface area contributed by atoms with Gasteiger partial charge in [-0.1, -0.05) is 0 Å². The van der Waals surface area contributed by atoms with Crippen LogP contribution in [0.1, 0.15) is 19.8 Å². The number of hydrogen-bond acceptors (Lipinski definition) is 3. The molecule has 0 bridgehead atoms. The monoisotopic (exact) mass is 193 g/mol. The van der Waals surface area contributed by atoms with Gasteiger partial charge in [0, 0.05) is 13.3 Å². The number of alkyl halides is 2. The fraction of sp³-hybridized carbons (Fsp3) is 0.750. The van der Waals surface area contributed by atoms with Crippen molar-refractivity contribution in [2.75, 3.05) is 7.05 Å². The maximum absolute atomic E-state index is 11.8. The SMILES string of the molecule is CNC(CCC(F)F)C(=O)C(C)=O. The summed E-state index contributed by atoms with van der Waals surface area (Å²) in [6.07, 6.45) is -2.81. The smallest absolute Gasteiger partial charge is 0.238 e. The minimum absolute atomic E-state index is 0.00736. The van der Waals surface area contributed by atoms with Crippen LogP contribution in [0, 0.1) is 0 Å². The summed E-state index contributed by atoms with van der Waals surface area (Å²) in [6.45, 7) is 1.13. The number of carbonyl (C=O) groups is 2. The Labute approximate surface area is 75.5 Å². The highest BCUT2D eigenvalue weighted by Crippen LogP contribution is 2.06. The van der Waals surface area contributed by atoms with Crippen LogP contribution >= 0.6 is 0 Å². The maximum atomic E-state index is 11.8. The van der Waals surface area contributed by atoms with E-state index in [2.05, 4.69) is 5.32 Å². The first-order valence-electron chi connectivity index (χ1n) is 3.99. The van der Waals surface area contributed by atoms with E-state index in [0.29, 0.717) is 0 Å². The van der Waals surface area contributed by atoms with Gasteiger partial charge in [-0.2, -0.15) is 0 Å². The van der Waals surface area contributed by atoms with Gasteiger partial charge in [0.05, 0.1) is 6.04 Å². The van der Waals surface area contributed by atoms with Crippen molar-refractivity contribution >= 4 is 11.6 Å². The number of halogens is 2. The van der Waals surface area contributed by atoms with Gasteiger partial charge in [-0.15, -0.1) is 0 Å². The quantitative estimate of drug-likeness (QED) is 0.634. The van der Waals surface area contributed by atoms with E-state index in [1.165, 1.54) is 7.05 Å². The summed E-state index contributed by atoms with van der Waals surface area (Å²) in [5.74, 6) is -1.24. The average molecular weight is 193 g/mol. The number of carbonyl (C=O) groups excluding carboxylic acids is 2. The van der Waals surface area contributed by atoms with E-state index >= 15 is 0 Å². The molecular weight excluding hydrogens is 180 g/mol. The van der Waals surface area contributed by atoms with E-state index in [0.717, 1.165) is 6.92 Å². The summed E-state index contributed by atoms with van der Waals surface area (Å²) in [5.41, 5.74) is 0. The van der Waals surface area contributed by atoms with Crippen LogP contribution in [-0.2, 0) is 9.59 Å². The third kappa shape index (κ3) is 4.67. The highest BCUT2D eigenvalue weighted by molar-refractivity contribution is 6.38. The predicted molar refractivity (Wildman–Crippen MR) is 43.8 cm³/mol. The van der Waals surface area contributed by atoms with Crippen molar-refractivity contribution in [3.8, 4) is 0 Å². The van der Waals surface area contributed by atoms with E-state index < -0.39 is 24.0 Å². The lowest BCUT2D eigenvalue weighted by Gasteiger charge is -2.12. The largest absolute Gasteiger partial charge is 0.310 e. The number of likely N-dealkylation sites (N-methyl/N-ethyl adjacent to an activating group) is 1. The van der Waals surface area contributed by atoms with Gasteiger partial charge in [0.25, 0.3) is 0 Å². The molecule has 0 radical (unpaired) electrons. The van der Waals surface area contributed by atoms with Crippen molar-refractivity contribution in [2.24, 2.45) is 0 Å². The van der Waals surface area contributed by atoms with Gasteiger partial charge in [-0.3, -0.25) is 9.59 Å². The van der Waals surface area contributed by atoms with Gasteiger partial charge in [0.15, 0.2) is 5.78 Å². The van der Waals surface area contributed by atoms with Gasteiger partial charge in [-0.25, -0.2) is 8.78 Å². The molecule has 1 unspecified atom stereocenters. The zero-order chi connectivity index (χ0) is 10.4. The Morgan fingerprint density at radius 2 is 1.85 bits per heavy atom. The van der Waals surface area contributed by atoms with Gasteiger partial charge in [-0.05, 0) is 13.5 Å². The first-order valence-corrected chi connectivity index (χ1v) is 3.99. The van der Waals surface area contributed by atoms with Gasteiger partial charge in [0.2, 0.25) is 12.2 Å². The molecule has 0 aliphatic heterocycles. The van der Waals surface area contributed by atoms with Crippen LogP contribution in [0.2, 0.25) is 0 Å². The van der Waals surface area contributed by atoms with Gasteiger partial charge >= 0.3 is 0 Å². The Bertz CT molecular complexity index is 195. The van der Waals surface area contributed by atoms with E-state index in [1.54, 1.807) is 0 Å². The molecule has 13 heavy (non-hydrogen) atoms. The molecule has 0 saturated carbocycles. The zero-order valence-electron chi connectivity index (χ0n) is 7.64. The van der Waals surface area contributed by atoms with Crippen LogP contribution < -0.4 is 5.32 Å². The second kappa shape index (κ2) is 5.75. The molecule has 0 aromatic heterocycles. The van der Waals surface area contributed by atoms with Crippen molar-refractivity contribution in [2.45, 2.75) is 32.2 Å². The summed E-state index contributed by atoms with van der Waals surface area (Å²) in [7, 11) is 1.47. The highest BCUT2D eigenvalue weighted by Gasteiger charge is 2.21. The summed E-state index contributed by atoms with van der Waals surface area (Å²) < 4.78 is 23.5. The first kappa shape index (κ1) is 12.2. The van der Waals surface area contributed by atoms with Gasteiger partial charge < -0.3 is 5.32 Å². The van der Waals surface area contributed by atoms with Crippen molar-refractivity contribution in [1.29, 1.82) is 0 Å². The summed E-state index contributed by atoms with van der Waals surface area (Å²) in [5, 5.41) is 2.53. The number of Topliss-reactive ketones (excluding diaryl/α,β-unsaturated/α-hetero) is 2. The zero-order valence-corrected chi connectivity index (χ0v) is 7.64. The Morgan fingerprint density at radius 3 is 2.15 bits per heavy atom. The highest BCUT2D eigenvalue weighted by atomic mass is 19.3. The van der Waals surface area contributed by atoms with Crippen LogP contribution in [0.4, 0.5) is 8.78 Å². The molecule has 1 N–H and O–H groups in total. The van der Waals surface area contributed by atoms with E-state index in [4.69, 9.17) is 0 Å². The van der Waals surface area contributed by atoms with Crippen molar-refractivity contribution in [1.82, 2.24) is 5.32 Å². The van der Waals surface area contributed by atoms with Crippen molar-refractivity contribution in [3.63, 3.8) is 0 Å². The molecule has 0 heterocycles. The molecule has 0 aromatic rings. The van der Waals surface area contributed by atoms with E-state index in [1.807, 2.05) is 0 Å². The fourth-order valence-corrected chi connectivity index (χ4v) is 0.945. The molecule has 0 rings (SSSR count). The average Bonchev–Trinajstić information content (AvgIpc) is 2.04. The minimum atomic E-state index is -2.43. The van der Waals surface area contributed by atoms with Crippen LogP contribution in [0.5, 0.6) is 0 Å². The molecular formula is C8H13F2NO2. The molecule has 0 aromatic carbocycles. The van der Waals surface area contributed by atoms with Crippen LogP contribution in [-0.4, -0.2) is 31.1 Å². The van der Waals surface area contributed by atoms with Crippen LogP contribution in [0.15, 0.2) is 0 Å². The van der Waals surface area contributed by atoms with E-state index in [9.17, 15) is 18.4 Å². The first-order chi connectivity index (χ1) is 5.99. The normalized spacial score (nSPS) is 13.0. The van der Waals surface area contributed by atoms with E-state index in [-0.39, 0.29) is 12.8 Å². The topological polar surface area (TPSA) is 46.2 Å². The van der Waals surface area contributed by atoms with Gasteiger partial charge in [0.1, 0.15) is 0 Å². The Morgan fingerprint density at radius 1 is 1.31 bits per heavy atom. The third-order valence-electron chi connectivity index (χ3n) is 1.69. The number of hydrogen-bond donors (Lipinski definition) is 1. The molecule has 76 valence electrons. The summed E-state index contributed by atoms with van der Waals surface area (Å²) in [6, 6.07) is -0.772. The number of nitrogens with one attached hydrogen (secondary N) is 1. The fourth-order valence-electron chi connectivity index (χ4n) is 0.945. The maximum Gasteiger partial charge on any atom is 0.238 e. The number of rotatable bonds is 6. The lowest BCUT2D eigenvalue weighted by Crippen LogP contribution is -2.38. The van der Waals surface area contributed by atoms with Crippen molar-refractivity contribution in [3.05, 3.63) is 0 Å². The molecule has 3 nitrogen and oxygen atoms in total. The minimum Gasteiger partial charge on any atom is -0.310 e. The van der Waals surface area contributed by atoms with Crippen LogP contribution in [0.25, 0.3) is 0 Å². The molecule has 5 heteroatoms. The Kier molecular flexibility index (Phi) is 5.37. The predicted octanol–water partition coefficient (Wildman–Crippen LogP) is 0.778. The molecule has 0 aliphatic carbocycles. The molecule has 0 spiro atoms. The molecule has 1 atom stereocenters. The standard InChI is InChI=1S/C8H13F2NO2/c1-5(12)8(13)6(11-2)3-4-7(9)10/h6-7,11H,3-4H2,1-2H3.